The van der Waals surface area contributed by atoms with Crippen LogP contribution >= 0.6 is 0 Å². The van der Waals surface area contributed by atoms with Crippen molar-refractivity contribution in [2.24, 2.45) is 0 Å². The second kappa shape index (κ2) is 11.7. The molecule has 2 heterocycles. The second-order valence-electron chi connectivity index (χ2n) is 7.32. The minimum Gasteiger partial charge on any atom is -0.490 e. The van der Waals surface area contributed by atoms with Crippen molar-refractivity contribution in [3.63, 3.8) is 0 Å². The maximum absolute atomic E-state index is 13.1. The molecule has 4 rings (SSSR count). The summed E-state index contributed by atoms with van der Waals surface area (Å²) in [6.45, 7) is 6.87. The van der Waals surface area contributed by atoms with Gasteiger partial charge in [-0.15, -0.1) is 0 Å². The number of carbonyl (C=O) groups is 1. The van der Waals surface area contributed by atoms with Gasteiger partial charge in [0.2, 0.25) is 18.0 Å². The number of anilines is 1. The average molecular weight is 491 g/mol. The van der Waals surface area contributed by atoms with Gasteiger partial charge in [-0.05, 0) is 51.1 Å². The van der Waals surface area contributed by atoms with Gasteiger partial charge in [-0.3, -0.25) is 9.78 Å². The molecule has 0 aliphatic carbocycles. The van der Waals surface area contributed by atoms with Crippen LogP contribution in [0.2, 0.25) is 0 Å². The Bertz CT molecular complexity index is 1280. The van der Waals surface area contributed by atoms with E-state index in [0.29, 0.717) is 71.3 Å². The van der Waals surface area contributed by atoms with E-state index >= 15 is 0 Å². The van der Waals surface area contributed by atoms with Crippen molar-refractivity contribution < 1.29 is 28.3 Å². The third-order valence-electron chi connectivity index (χ3n) is 4.82. The fourth-order valence-corrected chi connectivity index (χ4v) is 3.38. The molecule has 0 unspecified atom stereocenters. The number of carbonyl (C=O) groups excluding carboxylic acids is 1. The molecule has 0 bridgehead atoms. The summed E-state index contributed by atoms with van der Waals surface area (Å²) in [5, 5.41) is 6.68. The topological polar surface area (TPSA) is 118 Å². The molecule has 2 aromatic carbocycles. The van der Waals surface area contributed by atoms with E-state index in [1.54, 1.807) is 54.7 Å². The highest BCUT2D eigenvalue weighted by atomic mass is 16.5. The van der Waals surface area contributed by atoms with Crippen LogP contribution in [-0.4, -0.2) is 40.9 Å². The molecule has 2 aromatic heterocycles. The first kappa shape index (κ1) is 24.5. The minimum atomic E-state index is -0.333. The van der Waals surface area contributed by atoms with Gasteiger partial charge < -0.3 is 28.8 Å². The van der Waals surface area contributed by atoms with Gasteiger partial charge in [-0.1, -0.05) is 11.2 Å². The van der Waals surface area contributed by atoms with Crippen LogP contribution in [0.1, 0.15) is 31.1 Å². The SMILES string of the molecule is CCOc1cc(C(=O)Nc2cccc(Oc3ccnc(-c4ncon4)c3)c2)cc(OCC)c1OCC. The molecular formula is C26H26N4O6. The first-order valence-electron chi connectivity index (χ1n) is 11.5. The predicted molar refractivity (Wildman–Crippen MR) is 132 cm³/mol. The summed E-state index contributed by atoms with van der Waals surface area (Å²) in [6, 6.07) is 13.7. The van der Waals surface area contributed by atoms with Crippen LogP contribution in [-0.2, 0) is 0 Å². The first-order chi connectivity index (χ1) is 17.6. The lowest BCUT2D eigenvalue weighted by atomic mass is 10.1. The molecule has 0 aliphatic heterocycles. The molecule has 10 heteroatoms. The third-order valence-corrected chi connectivity index (χ3v) is 4.82. The highest BCUT2D eigenvalue weighted by Gasteiger charge is 2.19. The quantitative estimate of drug-likeness (QED) is 0.296. The van der Waals surface area contributed by atoms with Crippen LogP contribution in [0, 0.1) is 0 Å². The third kappa shape index (κ3) is 5.90. The van der Waals surface area contributed by atoms with Crippen LogP contribution in [0.25, 0.3) is 11.5 Å². The lowest BCUT2D eigenvalue weighted by Crippen LogP contribution is -2.13. The van der Waals surface area contributed by atoms with E-state index in [9.17, 15) is 4.79 Å². The van der Waals surface area contributed by atoms with Crippen molar-refractivity contribution >= 4 is 11.6 Å². The highest BCUT2D eigenvalue weighted by molar-refractivity contribution is 6.05. The van der Waals surface area contributed by atoms with Crippen LogP contribution in [0.4, 0.5) is 5.69 Å². The van der Waals surface area contributed by atoms with Crippen molar-refractivity contribution in [1.29, 1.82) is 0 Å². The summed E-state index contributed by atoms with van der Waals surface area (Å²) >= 11 is 0. The summed E-state index contributed by atoms with van der Waals surface area (Å²) in [5.74, 6) is 2.45. The molecule has 0 radical (unpaired) electrons. The molecule has 10 nitrogen and oxygen atoms in total. The Balaban J connectivity index is 1.53. The molecule has 0 atom stereocenters. The zero-order valence-electron chi connectivity index (χ0n) is 20.2. The minimum absolute atomic E-state index is 0.333. The van der Waals surface area contributed by atoms with Crippen LogP contribution < -0.4 is 24.3 Å². The maximum atomic E-state index is 13.1. The largest absolute Gasteiger partial charge is 0.490 e. The maximum Gasteiger partial charge on any atom is 0.255 e. The molecule has 0 saturated carbocycles. The van der Waals surface area contributed by atoms with E-state index in [-0.39, 0.29) is 5.91 Å². The first-order valence-corrected chi connectivity index (χ1v) is 11.5. The molecule has 0 spiro atoms. The van der Waals surface area contributed by atoms with Gasteiger partial charge in [0.05, 0.1) is 19.8 Å². The van der Waals surface area contributed by atoms with Gasteiger partial charge in [0.15, 0.2) is 11.5 Å². The number of aromatic nitrogens is 3. The van der Waals surface area contributed by atoms with Crippen molar-refractivity contribution in [2.75, 3.05) is 25.1 Å². The van der Waals surface area contributed by atoms with E-state index in [1.165, 1.54) is 6.39 Å². The Labute approximate surface area is 208 Å². The number of benzene rings is 2. The number of ether oxygens (including phenoxy) is 4. The van der Waals surface area contributed by atoms with Gasteiger partial charge >= 0.3 is 0 Å². The molecule has 1 amide bonds. The van der Waals surface area contributed by atoms with Crippen molar-refractivity contribution in [1.82, 2.24) is 15.1 Å². The number of hydrogen-bond donors (Lipinski definition) is 1. The van der Waals surface area contributed by atoms with Crippen LogP contribution in [0.5, 0.6) is 28.7 Å². The molecular weight excluding hydrogens is 464 g/mol. The Morgan fingerprint density at radius 1 is 0.889 bits per heavy atom. The zero-order chi connectivity index (χ0) is 25.3. The molecule has 0 aliphatic rings. The van der Waals surface area contributed by atoms with Crippen molar-refractivity contribution in [2.45, 2.75) is 20.8 Å². The number of rotatable bonds is 11. The number of nitrogens with one attached hydrogen (secondary N) is 1. The summed E-state index contributed by atoms with van der Waals surface area (Å²) < 4.78 is 27.9. The Hall–Kier alpha value is -4.60. The Morgan fingerprint density at radius 3 is 2.28 bits per heavy atom. The molecule has 186 valence electrons. The second-order valence-corrected chi connectivity index (χ2v) is 7.32. The lowest BCUT2D eigenvalue weighted by molar-refractivity contribution is 0.102. The monoisotopic (exact) mass is 490 g/mol. The smallest absolute Gasteiger partial charge is 0.255 e. The van der Waals surface area contributed by atoms with Gasteiger partial charge in [-0.25, -0.2) is 0 Å². The fraction of sp³-hybridized carbons (Fsp3) is 0.231. The van der Waals surface area contributed by atoms with E-state index < -0.39 is 0 Å². The lowest BCUT2D eigenvalue weighted by Gasteiger charge is -2.17. The van der Waals surface area contributed by atoms with E-state index in [1.807, 2.05) is 20.8 Å². The summed E-state index contributed by atoms with van der Waals surface area (Å²) in [5.41, 5.74) is 1.43. The van der Waals surface area contributed by atoms with E-state index in [2.05, 4.69) is 20.4 Å². The van der Waals surface area contributed by atoms with Crippen molar-refractivity contribution in [3.05, 3.63) is 66.7 Å². The van der Waals surface area contributed by atoms with Gasteiger partial charge in [0.1, 0.15) is 17.2 Å². The number of pyridine rings is 1. The molecule has 0 saturated heterocycles. The van der Waals surface area contributed by atoms with E-state index in [4.69, 9.17) is 23.5 Å². The van der Waals surface area contributed by atoms with Gasteiger partial charge in [0.25, 0.3) is 5.91 Å². The summed E-state index contributed by atoms with van der Waals surface area (Å²) in [4.78, 5) is 21.3. The summed E-state index contributed by atoms with van der Waals surface area (Å²) in [7, 11) is 0. The predicted octanol–water partition coefficient (Wildman–Crippen LogP) is 5.37. The average Bonchev–Trinajstić information content (AvgIpc) is 3.42. The standard InChI is InChI=1S/C26H26N4O6/c1-4-32-22-12-17(13-23(33-5-2)24(22)34-6-3)26(31)29-18-8-7-9-19(14-18)36-20-10-11-27-21(15-20)25-28-16-35-30-25/h7-16H,4-6H2,1-3H3,(H,29,31). The molecule has 4 aromatic rings. The van der Waals surface area contributed by atoms with Crippen LogP contribution in [0.3, 0.4) is 0 Å². The van der Waals surface area contributed by atoms with Gasteiger partial charge in [-0.2, -0.15) is 4.98 Å². The zero-order valence-corrected chi connectivity index (χ0v) is 20.2. The number of nitrogens with zero attached hydrogens (tertiary/aromatic N) is 3. The molecule has 1 N–H and O–H groups in total. The fourth-order valence-electron chi connectivity index (χ4n) is 3.38. The number of hydrogen-bond acceptors (Lipinski definition) is 9. The van der Waals surface area contributed by atoms with Gasteiger partial charge in [0, 0.05) is 29.6 Å². The normalized spacial score (nSPS) is 10.5. The highest BCUT2D eigenvalue weighted by Crippen LogP contribution is 2.39. The number of amides is 1. The molecule has 36 heavy (non-hydrogen) atoms. The van der Waals surface area contributed by atoms with Crippen LogP contribution in [0.15, 0.2) is 65.6 Å². The van der Waals surface area contributed by atoms with Crippen molar-refractivity contribution in [3.8, 4) is 40.3 Å². The Morgan fingerprint density at radius 2 is 1.61 bits per heavy atom. The van der Waals surface area contributed by atoms with E-state index in [0.717, 1.165) is 0 Å². The summed E-state index contributed by atoms with van der Waals surface area (Å²) in [6.07, 6.45) is 2.82. The Kier molecular flexibility index (Phi) is 7.97. The molecule has 0 fully saturated rings.